The maximum Gasteiger partial charge on any atom is 0.318 e. The van der Waals surface area contributed by atoms with Gasteiger partial charge in [0, 0.05) is 38.1 Å². The summed E-state index contributed by atoms with van der Waals surface area (Å²) in [5.74, 6) is 1.30. The quantitative estimate of drug-likeness (QED) is 0.828. The predicted octanol–water partition coefficient (Wildman–Crippen LogP) is 3.12. The summed E-state index contributed by atoms with van der Waals surface area (Å²) in [5.41, 5.74) is 1.05. The number of carbonyl (C=O) groups is 1. The Balaban J connectivity index is 1.57. The van der Waals surface area contributed by atoms with Crippen LogP contribution in [0.15, 0.2) is 47.3 Å². The number of nitrogens with zero attached hydrogens (tertiary/aromatic N) is 3. The number of amides is 2. The topological polar surface area (TPSA) is 61.6 Å². The summed E-state index contributed by atoms with van der Waals surface area (Å²) in [6.45, 7) is 8.31. The van der Waals surface area contributed by atoms with E-state index in [-0.39, 0.29) is 6.03 Å². The summed E-state index contributed by atoms with van der Waals surface area (Å²) in [6, 6.07) is 8.11. The molecule has 1 unspecified atom stereocenters. The van der Waals surface area contributed by atoms with Crippen molar-refractivity contribution >= 4 is 6.03 Å². The molecule has 6 heteroatoms. The van der Waals surface area contributed by atoms with Crippen molar-refractivity contribution in [3.63, 3.8) is 0 Å². The van der Waals surface area contributed by atoms with Gasteiger partial charge >= 0.3 is 6.03 Å². The molecule has 0 aliphatic carbocycles. The van der Waals surface area contributed by atoms with Gasteiger partial charge < -0.3 is 19.5 Å². The van der Waals surface area contributed by atoms with Crippen LogP contribution in [-0.2, 0) is 13.1 Å². The van der Waals surface area contributed by atoms with E-state index in [4.69, 9.17) is 4.42 Å². The number of hydrogen-bond acceptors (Lipinski definition) is 4. The van der Waals surface area contributed by atoms with Crippen LogP contribution in [0.2, 0.25) is 0 Å². The summed E-state index contributed by atoms with van der Waals surface area (Å²) in [4.78, 5) is 21.1. The fraction of sp³-hybridized carbons (Fsp3) is 0.500. The summed E-state index contributed by atoms with van der Waals surface area (Å²) in [6.07, 6.45) is 6.27. The lowest BCUT2D eigenvalue weighted by molar-refractivity contribution is 0.185. The van der Waals surface area contributed by atoms with E-state index in [2.05, 4.69) is 29.0 Å². The van der Waals surface area contributed by atoms with Gasteiger partial charge in [-0.3, -0.25) is 4.98 Å². The minimum Gasteiger partial charge on any atom is -0.467 e. The molecule has 0 radical (unpaired) electrons. The maximum atomic E-state index is 12.8. The number of aromatic nitrogens is 1. The van der Waals surface area contributed by atoms with Gasteiger partial charge in [0.2, 0.25) is 0 Å². The Hall–Kier alpha value is -2.34. The molecule has 1 aliphatic heterocycles. The molecular weight excluding hydrogens is 328 g/mol. The first-order valence-corrected chi connectivity index (χ1v) is 9.30. The van der Waals surface area contributed by atoms with Crippen molar-refractivity contribution in [2.24, 2.45) is 5.92 Å². The highest BCUT2D eigenvalue weighted by Gasteiger charge is 2.25. The number of urea groups is 1. The van der Waals surface area contributed by atoms with Gasteiger partial charge in [0.05, 0.1) is 12.8 Å². The lowest BCUT2D eigenvalue weighted by Gasteiger charge is -2.24. The van der Waals surface area contributed by atoms with E-state index in [1.165, 1.54) is 0 Å². The number of hydrogen-bond donors (Lipinski definition) is 1. The molecule has 0 bridgehead atoms. The molecule has 1 atom stereocenters. The van der Waals surface area contributed by atoms with E-state index in [1.54, 1.807) is 23.6 Å². The molecule has 1 fully saturated rings. The Bertz CT molecular complexity index is 672. The average Bonchev–Trinajstić information content (AvgIpc) is 3.32. The second kappa shape index (κ2) is 8.85. The number of likely N-dealkylation sites (tertiary alicyclic amines) is 1. The van der Waals surface area contributed by atoms with Crippen LogP contribution in [0.5, 0.6) is 0 Å². The molecular formula is C20H28N4O2. The summed E-state index contributed by atoms with van der Waals surface area (Å²) in [5, 5.41) is 3.12. The Labute approximate surface area is 155 Å². The fourth-order valence-electron chi connectivity index (χ4n) is 3.34. The van der Waals surface area contributed by atoms with Gasteiger partial charge in [-0.2, -0.15) is 0 Å². The van der Waals surface area contributed by atoms with Crippen molar-refractivity contribution < 1.29 is 9.21 Å². The number of carbonyl (C=O) groups excluding carboxylic acids is 1. The highest BCUT2D eigenvalue weighted by molar-refractivity contribution is 5.74. The van der Waals surface area contributed by atoms with Crippen molar-refractivity contribution in [3.05, 3.63) is 54.2 Å². The molecule has 1 aliphatic rings. The molecule has 2 aromatic rings. The number of pyridine rings is 1. The smallest absolute Gasteiger partial charge is 0.318 e. The minimum atomic E-state index is -0.0544. The van der Waals surface area contributed by atoms with E-state index in [0.29, 0.717) is 31.6 Å². The summed E-state index contributed by atoms with van der Waals surface area (Å²) < 4.78 is 5.43. The third-order valence-electron chi connectivity index (χ3n) is 4.93. The Morgan fingerprint density at radius 3 is 2.81 bits per heavy atom. The molecule has 0 aromatic carbocycles. The highest BCUT2D eigenvalue weighted by atomic mass is 16.3. The first kappa shape index (κ1) is 18.5. The summed E-state index contributed by atoms with van der Waals surface area (Å²) >= 11 is 0. The van der Waals surface area contributed by atoms with E-state index >= 15 is 0 Å². The van der Waals surface area contributed by atoms with Crippen molar-refractivity contribution in [2.45, 2.75) is 39.4 Å². The molecule has 6 nitrogen and oxygen atoms in total. The Kier molecular flexibility index (Phi) is 6.28. The highest BCUT2D eigenvalue weighted by Crippen LogP contribution is 2.18. The largest absolute Gasteiger partial charge is 0.467 e. The summed E-state index contributed by atoms with van der Waals surface area (Å²) in [7, 11) is 0. The molecule has 0 saturated carbocycles. The van der Waals surface area contributed by atoms with E-state index in [9.17, 15) is 4.79 Å². The van der Waals surface area contributed by atoms with Crippen molar-refractivity contribution in [1.82, 2.24) is 20.1 Å². The SMILES string of the molecule is CC(C)N1CCC(CNC(=O)N(Cc2ccncc2)Cc2ccco2)C1. The van der Waals surface area contributed by atoms with Crippen LogP contribution in [0, 0.1) is 5.92 Å². The second-order valence-corrected chi connectivity index (χ2v) is 7.22. The van der Waals surface area contributed by atoms with Crippen molar-refractivity contribution in [3.8, 4) is 0 Å². The third-order valence-corrected chi connectivity index (χ3v) is 4.93. The van der Waals surface area contributed by atoms with Gasteiger partial charge in [-0.15, -0.1) is 0 Å². The second-order valence-electron chi connectivity index (χ2n) is 7.22. The fourth-order valence-corrected chi connectivity index (χ4v) is 3.34. The van der Waals surface area contributed by atoms with Crippen LogP contribution in [0.3, 0.4) is 0 Å². The van der Waals surface area contributed by atoms with Crippen molar-refractivity contribution in [1.29, 1.82) is 0 Å². The molecule has 2 amide bonds. The molecule has 1 N–H and O–H groups in total. The average molecular weight is 356 g/mol. The number of furan rings is 1. The zero-order chi connectivity index (χ0) is 18.4. The van der Waals surface area contributed by atoms with Gasteiger partial charge in [0.15, 0.2) is 0 Å². The maximum absolute atomic E-state index is 12.8. The minimum absolute atomic E-state index is 0.0544. The third kappa shape index (κ3) is 5.08. The predicted molar refractivity (Wildman–Crippen MR) is 100 cm³/mol. The standard InChI is InChI=1S/C20H28N4O2/c1-16(2)23-10-7-18(14-23)12-22-20(25)24(15-19-4-3-11-26-19)13-17-5-8-21-9-6-17/h3-6,8-9,11,16,18H,7,10,12-15H2,1-2H3,(H,22,25). The van der Waals surface area contributed by atoms with Gasteiger partial charge in [-0.05, 0) is 62.6 Å². The van der Waals surface area contributed by atoms with Gasteiger partial charge in [-0.25, -0.2) is 4.79 Å². The molecule has 3 heterocycles. The zero-order valence-corrected chi connectivity index (χ0v) is 15.6. The van der Waals surface area contributed by atoms with Crippen LogP contribution in [0.1, 0.15) is 31.6 Å². The van der Waals surface area contributed by atoms with Crippen LogP contribution < -0.4 is 5.32 Å². The van der Waals surface area contributed by atoms with E-state index in [1.807, 2.05) is 24.3 Å². The molecule has 1 saturated heterocycles. The number of rotatable bonds is 7. The first-order valence-electron chi connectivity index (χ1n) is 9.30. The lowest BCUT2D eigenvalue weighted by atomic mass is 10.1. The van der Waals surface area contributed by atoms with E-state index in [0.717, 1.165) is 30.8 Å². The first-order chi connectivity index (χ1) is 12.6. The lowest BCUT2D eigenvalue weighted by Crippen LogP contribution is -2.41. The zero-order valence-electron chi connectivity index (χ0n) is 15.6. The van der Waals surface area contributed by atoms with Gasteiger partial charge in [0.25, 0.3) is 0 Å². The van der Waals surface area contributed by atoms with Crippen LogP contribution in [0.25, 0.3) is 0 Å². The van der Waals surface area contributed by atoms with Crippen LogP contribution >= 0.6 is 0 Å². The van der Waals surface area contributed by atoms with E-state index < -0.39 is 0 Å². The normalized spacial score (nSPS) is 17.6. The molecule has 140 valence electrons. The van der Waals surface area contributed by atoms with Crippen LogP contribution in [-0.4, -0.2) is 46.5 Å². The number of nitrogens with one attached hydrogen (secondary N) is 1. The molecule has 26 heavy (non-hydrogen) atoms. The molecule has 3 rings (SSSR count). The van der Waals surface area contributed by atoms with Gasteiger partial charge in [0.1, 0.15) is 5.76 Å². The van der Waals surface area contributed by atoms with Crippen molar-refractivity contribution in [2.75, 3.05) is 19.6 Å². The Morgan fingerprint density at radius 1 is 1.35 bits per heavy atom. The molecule has 0 spiro atoms. The Morgan fingerprint density at radius 2 is 2.15 bits per heavy atom. The van der Waals surface area contributed by atoms with Gasteiger partial charge in [-0.1, -0.05) is 0 Å². The van der Waals surface area contributed by atoms with Crippen LogP contribution in [0.4, 0.5) is 4.79 Å². The monoisotopic (exact) mass is 356 g/mol. The molecule has 2 aromatic heterocycles.